The molecule has 1 aliphatic rings. The molecule has 1 heterocycles. The second-order valence-electron chi connectivity index (χ2n) is 7.27. The van der Waals surface area contributed by atoms with Gasteiger partial charge in [0.25, 0.3) is 0 Å². The number of anilines is 1. The Bertz CT molecular complexity index is 1040. The van der Waals surface area contributed by atoms with Gasteiger partial charge in [-0.15, -0.1) is 24.0 Å². The van der Waals surface area contributed by atoms with Crippen molar-refractivity contribution in [3.05, 3.63) is 59.7 Å². The normalized spacial score (nSPS) is 16.2. The number of sulfonamides is 1. The average molecular weight is 557 g/mol. The molecule has 0 aromatic heterocycles. The molecule has 0 bridgehead atoms. The van der Waals surface area contributed by atoms with E-state index in [0.29, 0.717) is 25.5 Å². The molecule has 0 saturated heterocycles. The van der Waals surface area contributed by atoms with Crippen molar-refractivity contribution in [2.24, 2.45) is 4.99 Å². The summed E-state index contributed by atoms with van der Waals surface area (Å²) >= 11 is 0. The lowest BCUT2D eigenvalue weighted by atomic mass is 9.90. The Hall–Kier alpha value is -2.18. The van der Waals surface area contributed by atoms with Crippen LogP contribution in [0.4, 0.5) is 5.69 Å². The number of para-hydroxylation sites is 1. The van der Waals surface area contributed by atoms with E-state index in [1.165, 1.54) is 18.4 Å². The number of carbonyl (C=O) groups is 1. The van der Waals surface area contributed by atoms with Crippen LogP contribution < -0.4 is 16.0 Å². The molecular formula is C21H28IN5O3S. The van der Waals surface area contributed by atoms with Crippen LogP contribution in [-0.4, -0.2) is 52.3 Å². The Labute approximate surface area is 200 Å². The van der Waals surface area contributed by atoms with Gasteiger partial charge in [0.2, 0.25) is 15.9 Å². The second kappa shape index (κ2) is 10.9. The Morgan fingerprint density at radius 1 is 1.13 bits per heavy atom. The molecule has 1 atom stereocenters. The highest BCUT2D eigenvalue weighted by molar-refractivity contribution is 14.0. The Balaban J connectivity index is 0.00000341. The number of fused-ring (bicyclic) bond motifs is 1. The van der Waals surface area contributed by atoms with E-state index in [1.54, 1.807) is 31.3 Å². The van der Waals surface area contributed by atoms with E-state index in [-0.39, 0.29) is 40.7 Å². The van der Waals surface area contributed by atoms with Gasteiger partial charge < -0.3 is 16.0 Å². The SMILES string of the molecule is CN=C(NCc1ccc(S(=O)(=O)N(C)C)cc1)NCC1CC(=O)Nc2ccccc21.I. The fourth-order valence-corrected chi connectivity index (χ4v) is 4.20. The average Bonchev–Trinajstić information content (AvgIpc) is 2.73. The molecule has 3 rings (SSSR count). The van der Waals surface area contributed by atoms with Gasteiger partial charge in [-0.2, -0.15) is 0 Å². The predicted molar refractivity (Wildman–Crippen MR) is 133 cm³/mol. The third kappa shape index (κ3) is 6.17. The van der Waals surface area contributed by atoms with E-state index in [4.69, 9.17) is 0 Å². The van der Waals surface area contributed by atoms with Crippen LogP contribution in [0.15, 0.2) is 58.4 Å². The van der Waals surface area contributed by atoms with Crippen molar-refractivity contribution in [2.45, 2.75) is 23.8 Å². The molecule has 2 aromatic carbocycles. The van der Waals surface area contributed by atoms with Crippen LogP contribution in [0.25, 0.3) is 0 Å². The number of guanidine groups is 1. The minimum absolute atomic E-state index is 0. The standard InChI is InChI=1S/C21H27N5O3S.HI/c1-22-21(23-13-15-8-10-17(11-9-15)30(28,29)26(2)3)24-14-16-12-20(27)25-19-7-5-4-6-18(16)19;/h4-11,16H,12-14H2,1-3H3,(H,25,27)(H2,22,23,24);1H. The molecule has 31 heavy (non-hydrogen) atoms. The van der Waals surface area contributed by atoms with Gasteiger partial charge in [-0.05, 0) is 29.3 Å². The summed E-state index contributed by atoms with van der Waals surface area (Å²) in [5.41, 5.74) is 2.90. The number of halogens is 1. The number of nitrogens with zero attached hydrogens (tertiary/aromatic N) is 2. The predicted octanol–water partition coefficient (Wildman–Crippen LogP) is 2.35. The van der Waals surface area contributed by atoms with Crippen LogP contribution in [0.1, 0.15) is 23.5 Å². The lowest BCUT2D eigenvalue weighted by Gasteiger charge is -2.26. The first kappa shape index (κ1) is 25.1. The maximum atomic E-state index is 12.2. The molecule has 0 saturated carbocycles. The number of hydrogen-bond donors (Lipinski definition) is 3. The molecular weight excluding hydrogens is 529 g/mol. The van der Waals surface area contributed by atoms with Gasteiger partial charge in [-0.3, -0.25) is 9.79 Å². The van der Waals surface area contributed by atoms with Crippen molar-refractivity contribution in [3.63, 3.8) is 0 Å². The van der Waals surface area contributed by atoms with Crippen molar-refractivity contribution in [1.82, 2.24) is 14.9 Å². The first-order valence-corrected chi connectivity index (χ1v) is 11.1. The van der Waals surface area contributed by atoms with Crippen molar-refractivity contribution < 1.29 is 13.2 Å². The maximum Gasteiger partial charge on any atom is 0.242 e. The van der Waals surface area contributed by atoms with Crippen LogP contribution in [0, 0.1) is 0 Å². The molecule has 0 fully saturated rings. The van der Waals surface area contributed by atoms with Gasteiger partial charge in [0.1, 0.15) is 0 Å². The molecule has 1 aliphatic heterocycles. The summed E-state index contributed by atoms with van der Waals surface area (Å²) in [4.78, 5) is 16.5. The zero-order valence-electron chi connectivity index (χ0n) is 17.8. The summed E-state index contributed by atoms with van der Waals surface area (Å²) in [7, 11) is 1.27. The minimum atomic E-state index is -3.44. The summed E-state index contributed by atoms with van der Waals surface area (Å²) in [5.74, 6) is 0.684. The lowest BCUT2D eigenvalue weighted by molar-refractivity contribution is -0.116. The summed E-state index contributed by atoms with van der Waals surface area (Å²) in [6, 6.07) is 14.6. The first-order chi connectivity index (χ1) is 14.3. The van der Waals surface area contributed by atoms with Gasteiger partial charge in [0.15, 0.2) is 5.96 Å². The van der Waals surface area contributed by atoms with Crippen LogP contribution in [0.2, 0.25) is 0 Å². The molecule has 1 unspecified atom stereocenters. The van der Waals surface area contributed by atoms with E-state index in [0.717, 1.165) is 16.8 Å². The van der Waals surface area contributed by atoms with E-state index in [2.05, 4.69) is 20.9 Å². The second-order valence-corrected chi connectivity index (χ2v) is 9.43. The third-order valence-corrected chi connectivity index (χ3v) is 6.84. The molecule has 3 N–H and O–H groups in total. The number of benzene rings is 2. The maximum absolute atomic E-state index is 12.2. The zero-order chi connectivity index (χ0) is 21.7. The Kier molecular flexibility index (Phi) is 8.83. The zero-order valence-corrected chi connectivity index (χ0v) is 20.9. The van der Waals surface area contributed by atoms with Gasteiger partial charge in [-0.1, -0.05) is 30.3 Å². The Morgan fingerprint density at radius 2 is 1.81 bits per heavy atom. The molecule has 168 valence electrons. The number of aliphatic imine (C=N–C) groups is 1. The molecule has 1 amide bonds. The highest BCUT2D eigenvalue weighted by Crippen LogP contribution is 2.31. The third-order valence-electron chi connectivity index (χ3n) is 5.01. The van der Waals surface area contributed by atoms with Gasteiger partial charge in [0, 0.05) is 52.3 Å². The van der Waals surface area contributed by atoms with E-state index < -0.39 is 10.0 Å². The highest BCUT2D eigenvalue weighted by atomic mass is 127. The number of nitrogens with one attached hydrogen (secondary N) is 3. The number of carbonyl (C=O) groups excluding carboxylic acids is 1. The van der Waals surface area contributed by atoms with Crippen molar-refractivity contribution in [3.8, 4) is 0 Å². The van der Waals surface area contributed by atoms with Gasteiger partial charge >= 0.3 is 0 Å². The number of hydrogen-bond acceptors (Lipinski definition) is 4. The summed E-state index contributed by atoms with van der Waals surface area (Å²) < 4.78 is 25.5. The van der Waals surface area contributed by atoms with Crippen molar-refractivity contribution in [1.29, 1.82) is 0 Å². The smallest absolute Gasteiger partial charge is 0.242 e. The molecule has 10 heteroatoms. The molecule has 2 aromatic rings. The number of amides is 1. The highest BCUT2D eigenvalue weighted by Gasteiger charge is 2.24. The lowest BCUT2D eigenvalue weighted by Crippen LogP contribution is -2.40. The Morgan fingerprint density at radius 3 is 2.45 bits per heavy atom. The van der Waals surface area contributed by atoms with Crippen LogP contribution >= 0.6 is 24.0 Å². The van der Waals surface area contributed by atoms with Crippen molar-refractivity contribution in [2.75, 3.05) is 33.0 Å². The summed E-state index contributed by atoms with van der Waals surface area (Å²) in [5, 5.41) is 9.40. The molecule has 0 spiro atoms. The molecule has 8 nitrogen and oxygen atoms in total. The minimum Gasteiger partial charge on any atom is -0.356 e. The van der Waals surface area contributed by atoms with E-state index >= 15 is 0 Å². The molecule has 0 aliphatic carbocycles. The van der Waals surface area contributed by atoms with Crippen molar-refractivity contribution >= 4 is 51.6 Å². The van der Waals surface area contributed by atoms with Gasteiger partial charge in [-0.25, -0.2) is 12.7 Å². The topological polar surface area (TPSA) is 103 Å². The fraction of sp³-hybridized carbons (Fsp3) is 0.333. The molecule has 0 radical (unpaired) electrons. The first-order valence-electron chi connectivity index (χ1n) is 9.66. The monoisotopic (exact) mass is 557 g/mol. The van der Waals surface area contributed by atoms with Crippen LogP contribution in [-0.2, 0) is 21.4 Å². The number of rotatable bonds is 6. The van der Waals surface area contributed by atoms with Crippen LogP contribution in [0.5, 0.6) is 0 Å². The fourth-order valence-electron chi connectivity index (χ4n) is 3.30. The van der Waals surface area contributed by atoms with E-state index in [1.807, 2.05) is 24.3 Å². The summed E-state index contributed by atoms with van der Waals surface area (Å²) in [6.45, 7) is 1.06. The van der Waals surface area contributed by atoms with Gasteiger partial charge in [0.05, 0.1) is 4.90 Å². The van der Waals surface area contributed by atoms with E-state index in [9.17, 15) is 13.2 Å². The van der Waals surface area contributed by atoms with Crippen LogP contribution in [0.3, 0.4) is 0 Å². The quantitative estimate of drug-likeness (QED) is 0.288. The summed E-state index contributed by atoms with van der Waals surface area (Å²) in [6.07, 6.45) is 0.419. The largest absolute Gasteiger partial charge is 0.356 e.